The number of nitrogens with one attached hydrogen (secondary N) is 1. The highest BCUT2D eigenvalue weighted by Gasteiger charge is 2.39. The molecule has 2 fully saturated rings. The molecule has 0 aliphatic carbocycles. The lowest BCUT2D eigenvalue weighted by Gasteiger charge is -2.39. The first kappa shape index (κ1) is 14.3. The third kappa shape index (κ3) is 3.69. The van der Waals surface area contributed by atoms with Crippen molar-refractivity contribution in [3.63, 3.8) is 0 Å². The lowest BCUT2D eigenvalue weighted by molar-refractivity contribution is 0.112. The van der Waals surface area contributed by atoms with Gasteiger partial charge < -0.3 is 10.2 Å². The van der Waals surface area contributed by atoms with Crippen LogP contribution in [-0.4, -0.2) is 61.7 Å². The smallest absolute Gasteiger partial charge is 0.0114 e. The first-order valence-corrected chi connectivity index (χ1v) is 7.84. The van der Waals surface area contributed by atoms with E-state index in [2.05, 4.69) is 36.1 Å². The summed E-state index contributed by atoms with van der Waals surface area (Å²) in [6.07, 6.45) is 8.25. The number of hydrogen-bond donors (Lipinski definition) is 1. The summed E-state index contributed by atoms with van der Waals surface area (Å²) in [6, 6.07) is 2.55. The summed E-state index contributed by atoms with van der Waals surface area (Å²) >= 11 is 0. The maximum Gasteiger partial charge on any atom is 0.0114 e. The molecule has 0 aromatic rings. The van der Waals surface area contributed by atoms with E-state index < -0.39 is 0 Å². The highest BCUT2D eigenvalue weighted by molar-refractivity contribution is 4.97. The van der Waals surface area contributed by atoms with Gasteiger partial charge in [0, 0.05) is 18.1 Å². The lowest BCUT2D eigenvalue weighted by atomic mass is 9.97. The topological polar surface area (TPSA) is 18.5 Å². The van der Waals surface area contributed by atoms with Crippen molar-refractivity contribution < 1.29 is 0 Å². The van der Waals surface area contributed by atoms with Crippen molar-refractivity contribution in [1.29, 1.82) is 0 Å². The fourth-order valence-corrected chi connectivity index (χ4v) is 3.72. The van der Waals surface area contributed by atoms with Crippen LogP contribution in [0.4, 0.5) is 0 Å². The Labute approximate surface area is 113 Å². The van der Waals surface area contributed by atoms with Crippen molar-refractivity contribution in [2.75, 3.05) is 33.7 Å². The van der Waals surface area contributed by atoms with Gasteiger partial charge in [-0.05, 0) is 72.3 Å². The minimum absolute atomic E-state index is 0.799. The molecule has 3 heteroatoms. The van der Waals surface area contributed by atoms with Crippen LogP contribution < -0.4 is 5.32 Å². The van der Waals surface area contributed by atoms with Crippen LogP contribution in [0.1, 0.15) is 45.4 Å². The van der Waals surface area contributed by atoms with Gasteiger partial charge in [0.25, 0.3) is 0 Å². The Hall–Kier alpha value is -0.120. The van der Waals surface area contributed by atoms with E-state index in [0.29, 0.717) is 0 Å². The van der Waals surface area contributed by atoms with Crippen LogP contribution in [0.5, 0.6) is 0 Å². The van der Waals surface area contributed by atoms with Crippen LogP contribution in [0, 0.1) is 0 Å². The van der Waals surface area contributed by atoms with Gasteiger partial charge in [0.2, 0.25) is 0 Å². The Kier molecular flexibility index (Phi) is 5.46. The first-order valence-electron chi connectivity index (χ1n) is 7.84. The van der Waals surface area contributed by atoms with Crippen LogP contribution in [0.25, 0.3) is 0 Å². The summed E-state index contributed by atoms with van der Waals surface area (Å²) in [7, 11) is 4.35. The van der Waals surface area contributed by atoms with Crippen molar-refractivity contribution in [2.24, 2.45) is 0 Å². The average molecular weight is 253 g/mol. The van der Waals surface area contributed by atoms with Gasteiger partial charge in [-0.2, -0.15) is 0 Å². The molecule has 2 heterocycles. The molecule has 106 valence electrons. The summed E-state index contributed by atoms with van der Waals surface area (Å²) in [5.41, 5.74) is 0. The number of nitrogens with zero attached hydrogens (tertiary/aromatic N) is 2. The minimum Gasteiger partial charge on any atom is -0.314 e. The summed E-state index contributed by atoms with van der Waals surface area (Å²) in [5, 5.41) is 3.73. The molecule has 18 heavy (non-hydrogen) atoms. The standard InChI is InChI=1S/C15H31N3/c1-4-8-16-13-11-14-6-7-15(12-13)18(14)10-5-9-17(2)3/h13-16H,4-12H2,1-3H3. The van der Waals surface area contributed by atoms with Gasteiger partial charge in [0.1, 0.15) is 0 Å². The van der Waals surface area contributed by atoms with Crippen molar-refractivity contribution in [3.8, 4) is 0 Å². The Morgan fingerprint density at radius 1 is 1.17 bits per heavy atom. The third-order valence-electron chi connectivity index (χ3n) is 4.59. The summed E-state index contributed by atoms with van der Waals surface area (Å²) in [4.78, 5) is 5.12. The van der Waals surface area contributed by atoms with Crippen LogP contribution >= 0.6 is 0 Å². The normalized spacial score (nSPS) is 32.3. The fraction of sp³-hybridized carbons (Fsp3) is 1.00. The summed E-state index contributed by atoms with van der Waals surface area (Å²) in [6.45, 7) is 6.00. The molecule has 2 saturated heterocycles. The molecule has 2 rings (SSSR count). The molecule has 0 aromatic heterocycles. The van der Waals surface area contributed by atoms with Crippen molar-refractivity contribution in [3.05, 3.63) is 0 Å². The zero-order valence-corrected chi connectivity index (χ0v) is 12.5. The van der Waals surface area contributed by atoms with E-state index in [0.717, 1.165) is 18.1 Å². The molecule has 0 saturated carbocycles. The zero-order chi connectivity index (χ0) is 13.0. The van der Waals surface area contributed by atoms with E-state index in [-0.39, 0.29) is 0 Å². The van der Waals surface area contributed by atoms with Crippen LogP contribution in [0.15, 0.2) is 0 Å². The van der Waals surface area contributed by atoms with Gasteiger partial charge in [-0.3, -0.25) is 4.90 Å². The second-order valence-electron chi connectivity index (χ2n) is 6.40. The highest BCUT2D eigenvalue weighted by Crippen LogP contribution is 2.35. The molecule has 3 nitrogen and oxygen atoms in total. The van der Waals surface area contributed by atoms with E-state index >= 15 is 0 Å². The monoisotopic (exact) mass is 253 g/mol. The van der Waals surface area contributed by atoms with E-state index in [4.69, 9.17) is 0 Å². The van der Waals surface area contributed by atoms with Gasteiger partial charge in [-0.1, -0.05) is 6.92 Å². The zero-order valence-electron chi connectivity index (χ0n) is 12.5. The average Bonchev–Trinajstić information content (AvgIpc) is 2.59. The van der Waals surface area contributed by atoms with E-state index in [1.165, 1.54) is 58.2 Å². The molecule has 0 spiro atoms. The van der Waals surface area contributed by atoms with E-state index in [1.807, 2.05) is 0 Å². The molecule has 2 unspecified atom stereocenters. The number of piperidine rings is 1. The largest absolute Gasteiger partial charge is 0.314 e. The highest BCUT2D eigenvalue weighted by atomic mass is 15.2. The second-order valence-corrected chi connectivity index (χ2v) is 6.40. The predicted molar refractivity (Wildman–Crippen MR) is 78.0 cm³/mol. The van der Waals surface area contributed by atoms with Crippen LogP contribution in [0.2, 0.25) is 0 Å². The van der Waals surface area contributed by atoms with E-state index in [1.54, 1.807) is 0 Å². The molecule has 0 amide bonds. The molecule has 2 bridgehead atoms. The molecular formula is C15H31N3. The molecule has 0 aromatic carbocycles. The van der Waals surface area contributed by atoms with Gasteiger partial charge >= 0.3 is 0 Å². The van der Waals surface area contributed by atoms with E-state index in [9.17, 15) is 0 Å². The number of fused-ring (bicyclic) bond motifs is 2. The molecular weight excluding hydrogens is 222 g/mol. The third-order valence-corrected chi connectivity index (χ3v) is 4.59. The van der Waals surface area contributed by atoms with Crippen molar-refractivity contribution in [1.82, 2.24) is 15.1 Å². The molecule has 1 N–H and O–H groups in total. The Morgan fingerprint density at radius 2 is 1.83 bits per heavy atom. The summed E-state index contributed by atoms with van der Waals surface area (Å²) in [5.74, 6) is 0. The number of rotatable bonds is 7. The summed E-state index contributed by atoms with van der Waals surface area (Å²) < 4.78 is 0. The van der Waals surface area contributed by atoms with Crippen molar-refractivity contribution in [2.45, 2.75) is 63.6 Å². The quantitative estimate of drug-likeness (QED) is 0.748. The van der Waals surface area contributed by atoms with Gasteiger partial charge in [-0.15, -0.1) is 0 Å². The number of hydrogen-bond acceptors (Lipinski definition) is 3. The van der Waals surface area contributed by atoms with Crippen LogP contribution in [-0.2, 0) is 0 Å². The Bertz CT molecular complexity index is 228. The van der Waals surface area contributed by atoms with Gasteiger partial charge in [-0.25, -0.2) is 0 Å². The minimum atomic E-state index is 0.799. The Balaban J connectivity index is 1.75. The first-order chi connectivity index (χ1) is 8.70. The maximum atomic E-state index is 3.73. The fourth-order valence-electron chi connectivity index (χ4n) is 3.72. The Morgan fingerprint density at radius 3 is 2.39 bits per heavy atom. The predicted octanol–water partition coefficient (Wildman–Crippen LogP) is 1.93. The second kappa shape index (κ2) is 6.88. The molecule has 0 radical (unpaired) electrons. The molecule has 2 aliphatic heterocycles. The molecule has 2 aliphatic rings. The SMILES string of the molecule is CCCNC1CC2CCC(C1)N2CCCN(C)C. The van der Waals surface area contributed by atoms with Crippen molar-refractivity contribution >= 4 is 0 Å². The molecule has 2 atom stereocenters. The lowest BCUT2D eigenvalue weighted by Crippen LogP contribution is -2.49. The van der Waals surface area contributed by atoms with Gasteiger partial charge in [0.05, 0.1) is 0 Å². The van der Waals surface area contributed by atoms with Gasteiger partial charge in [0.15, 0.2) is 0 Å². The van der Waals surface area contributed by atoms with Crippen LogP contribution in [0.3, 0.4) is 0 Å². The maximum absolute atomic E-state index is 3.73.